The molecule has 0 spiro atoms. The van der Waals surface area contributed by atoms with Crippen molar-refractivity contribution in [1.82, 2.24) is 4.68 Å². The standard InChI is InChI=1S/C25H29N3O4S/c1-29-20-12-10-18(11-13-20)26-25-28(27-19-8-6-5-7-9-19)21(16-33-25)17-14-22(30-2)24(32-4)23(15-17)31-3/h10-16H,5-9H2,1-4H3. The van der Waals surface area contributed by atoms with Crippen LogP contribution in [0.3, 0.4) is 0 Å². The Kier molecular flexibility index (Phi) is 7.34. The Balaban J connectivity index is 1.87. The molecule has 0 amide bonds. The van der Waals surface area contributed by atoms with E-state index in [1.165, 1.54) is 25.0 Å². The van der Waals surface area contributed by atoms with Gasteiger partial charge in [0.15, 0.2) is 11.5 Å². The number of ether oxygens (including phenoxy) is 4. The Morgan fingerprint density at radius 3 is 2.06 bits per heavy atom. The van der Waals surface area contributed by atoms with Gasteiger partial charge < -0.3 is 18.9 Å². The van der Waals surface area contributed by atoms with Gasteiger partial charge in [0.1, 0.15) is 5.75 Å². The van der Waals surface area contributed by atoms with Gasteiger partial charge in [-0.1, -0.05) is 6.42 Å². The molecule has 0 bridgehead atoms. The third-order valence-electron chi connectivity index (χ3n) is 5.62. The van der Waals surface area contributed by atoms with Crippen molar-refractivity contribution in [3.05, 3.63) is 46.6 Å². The maximum Gasteiger partial charge on any atom is 0.211 e. The number of aromatic nitrogens is 1. The molecular formula is C25H29N3O4S. The number of rotatable bonds is 7. The van der Waals surface area contributed by atoms with Crippen molar-refractivity contribution in [2.75, 3.05) is 28.4 Å². The van der Waals surface area contributed by atoms with Crippen LogP contribution in [-0.4, -0.2) is 38.8 Å². The predicted molar refractivity (Wildman–Crippen MR) is 132 cm³/mol. The van der Waals surface area contributed by atoms with E-state index in [0.29, 0.717) is 17.2 Å². The van der Waals surface area contributed by atoms with E-state index in [9.17, 15) is 0 Å². The van der Waals surface area contributed by atoms with Crippen LogP contribution >= 0.6 is 11.3 Å². The summed E-state index contributed by atoms with van der Waals surface area (Å²) in [6.45, 7) is 0. The molecule has 0 unspecified atom stereocenters. The third kappa shape index (κ3) is 5.06. The second-order valence-corrected chi connectivity index (χ2v) is 8.50. The van der Waals surface area contributed by atoms with E-state index in [-0.39, 0.29) is 0 Å². The van der Waals surface area contributed by atoms with Crippen LogP contribution in [0, 0.1) is 0 Å². The van der Waals surface area contributed by atoms with Gasteiger partial charge in [-0.2, -0.15) is 5.10 Å². The average Bonchev–Trinajstić information content (AvgIpc) is 3.25. The Bertz CT molecular complexity index is 1160. The first-order valence-corrected chi connectivity index (χ1v) is 11.8. The molecule has 0 N–H and O–H groups in total. The lowest BCUT2D eigenvalue weighted by Gasteiger charge is -2.15. The SMILES string of the molecule is COc1ccc(N=c2scc(-c3cc(OC)c(OC)c(OC)c3)n2N=C2CCCCC2)cc1. The van der Waals surface area contributed by atoms with Gasteiger partial charge in [0, 0.05) is 16.7 Å². The first-order valence-electron chi connectivity index (χ1n) is 10.9. The molecule has 8 heteroatoms. The van der Waals surface area contributed by atoms with Crippen molar-refractivity contribution in [2.24, 2.45) is 10.1 Å². The zero-order chi connectivity index (χ0) is 23.2. The molecule has 174 valence electrons. The molecule has 0 radical (unpaired) electrons. The van der Waals surface area contributed by atoms with Gasteiger partial charge in [-0.3, -0.25) is 0 Å². The Morgan fingerprint density at radius 1 is 0.818 bits per heavy atom. The Morgan fingerprint density at radius 2 is 1.48 bits per heavy atom. The summed E-state index contributed by atoms with van der Waals surface area (Å²) >= 11 is 1.55. The van der Waals surface area contributed by atoms with E-state index in [0.717, 1.165) is 40.3 Å². The number of benzene rings is 2. The molecule has 7 nitrogen and oxygen atoms in total. The summed E-state index contributed by atoms with van der Waals surface area (Å²) in [6, 6.07) is 11.6. The molecular weight excluding hydrogens is 438 g/mol. The van der Waals surface area contributed by atoms with Crippen molar-refractivity contribution in [2.45, 2.75) is 32.1 Å². The Labute approximate surface area is 197 Å². The maximum absolute atomic E-state index is 5.57. The average molecular weight is 468 g/mol. The number of methoxy groups -OCH3 is 4. The van der Waals surface area contributed by atoms with E-state index in [1.54, 1.807) is 39.8 Å². The minimum Gasteiger partial charge on any atom is -0.497 e. The lowest BCUT2D eigenvalue weighted by Crippen LogP contribution is -2.15. The smallest absolute Gasteiger partial charge is 0.211 e. The molecule has 1 aliphatic rings. The highest BCUT2D eigenvalue weighted by Gasteiger charge is 2.18. The molecule has 0 aliphatic heterocycles. The summed E-state index contributed by atoms with van der Waals surface area (Å²) in [4.78, 5) is 5.67. The minimum atomic E-state index is 0.562. The van der Waals surface area contributed by atoms with Gasteiger partial charge >= 0.3 is 0 Å². The summed E-state index contributed by atoms with van der Waals surface area (Å²) in [5, 5.41) is 7.12. The van der Waals surface area contributed by atoms with Gasteiger partial charge in [-0.05, 0) is 62.1 Å². The number of nitrogens with zero attached hydrogens (tertiary/aromatic N) is 3. The first-order chi connectivity index (χ1) is 16.2. The largest absolute Gasteiger partial charge is 0.497 e. The molecule has 33 heavy (non-hydrogen) atoms. The molecule has 0 saturated heterocycles. The van der Waals surface area contributed by atoms with Crippen LogP contribution in [0.5, 0.6) is 23.0 Å². The van der Waals surface area contributed by atoms with Crippen LogP contribution < -0.4 is 23.7 Å². The van der Waals surface area contributed by atoms with Gasteiger partial charge in [-0.15, -0.1) is 11.3 Å². The predicted octanol–water partition coefficient (Wildman–Crippen LogP) is 5.65. The lowest BCUT2D eigenvalue weighted by molar-refractivity contribution is 0.324. The minimum absolute atomic E-state index is 0.562. The van der Waals surface area contributed by atoms with Crippen LogP contribution in [0.15, 0.2) is 51.9 Å². The van der Waals surface area contributed by atoms with E-state index >= 15 is 0 Å². The maximum atomic E-state index is 5.57. The van der Waals surface area contributed by atoms with Crippen LogP contribution in [-0.2, 0) is 0 Å². The second-order valence-electron chi connectivity index (χ2n) is 7.67. The summed E-state index contributed by atoms with van der Waals surface area (Å²) in [5.41, 5.74) is 3.87. The van der Waals surface area contributed by atoms with Crippen LogP contribution in [0.2, 0.25) is 0 Å². The molecule has 1 fully saturated rings. The van der Waals surface area contributed by atoms with Crippen molar-refractivity contribution in [3.8, 4) is 34.3 Å². The zero-order valence-corrected chi connectivity index (χ0v) is 20.3. The van der Waals surface area contributed by atoms with E-state index in [4.69, 9.17) is 29.0 Å². The molecule has 1 heterocycles. The molecule has 1 saturated carbocycles. The van der Waals surface area contributed by atoms with Gasteiger partial charge in [-0.25, -0.2) is 9.67 Å². The summed E-state index contributed by atoms with van der Waals surface area (Å²) in [5.74, 6) is 2.56. The molecule has 2 aromatic carbocycles. The molecule has 3 aromatic rings. The van der Waals surface area contributed by atoms with Crippen molar-refractivity contribution in [1.29, 1.82) is 0 Å². The summed E-state index contributed by atoms with van der Waals surface area (Å²) in [7, 11) is 6.50. The fourth-order valence-corrected chi connectivity index (χ4v) is 4.72. The quantitative estimate of drug-likeness (QED) is 0.450. The van der Waals surface area contributed by atoms with Crippen molar-refractivity contribution in [3.63, 3.8) is 0 Å². The molecule has 1 aliphatic carbocycles. The van der Waals surface area contributed by atoms with Gasteiger partial charge in [0.25, 0.3) is 0 Å². The normalized spacial score (nSPS) is 14.2. The number of thiazole rings is 1. The number of hydrogen-bond acceptors (Lipinski definition) is 7. The first kappa shape index (κ1) is 22.9. The topological polar surface area (TPSA) is 66.6 Å². The molecule has 4 rings (SSSR count). The highest BCUT2D eigenvalue weighted by molar-refractivity contribution is 7.07. The molecule has 0 atom stereocenters. The van der Waals surface area contributed by atoms with Crippen LogP contribution in [0.4, 0.5) is 5.69 Å². The third-order valence-corrected chi connectivity index (χ3v) is 6.43. The summed E-state index contributed by atoms with van der Waals surface area (Å²) in [6.07, 6.45) is 5.64. The number of hydrogen-bond donors (Lipinski definition) is 0. The molecule has 1 aromatic heterocycles. The zero-order valence-electron chi connectivity index (χ0n) is 19.5. The van der Waals surface area contributed by atoms with Crippen molar-refractivity contribution < 1.29 is 18.9 Å². The van der Waals surface area contributed by atoms with Gasteiger partial charge in [0.05, 0.1) is 39.8 Å². The van der Waals surface area contributed by atoms with Crippen LogP contribution in [0.1, 0.15) is 32.1 Å². The second kappa shape index (κ2) is 10.6. The van der Waals surface area contributed by atoms with Gasteiger partial charge in [0.2, 0.25) is 10.6 Å². The van der Waals surface area contributed by atoms with E-state index in [2.05, 4.69) is 5.38 Å². The summed E-state index contributed by atoms with van der Waals surface area (Å²) < 4.78 is 23.8. The monoisotopic (exact) mass is 467 g/mol. The Hall–Kier alpha value is -3.26. The fraction of sp³-hybridized carbons (Fsp3) is 0.360. The highest BCUT2D eigenvalue weighted by atomic mass is 32.1. The van der Waals surface area contributed by atoms with Crippen LogP contribution in [0.25, 0.3) is 11.3 Å². The fourth-order valence-electron chi connectivity index (χ4n) is 3.87. The lowest BCUT2D eigenvalue weighted by atomic mass is 9.99. The van der Waals surface area contributed by atoms with E-state index < -0.39 is 0 Å². The highest BCUT2D eigenvalue weighted by Crippen LogP contribution is 2.41. The van der Waals surface area contributed by atoms with Crippen molar-refractivity contribution >= 4 is 22.7 Å². The van der Waals surface area contributed by atoms with E-state index in [1.807, 2.05) is 41.1 Å².